The van der Waals surface area contributed by atoms with Crippen molar-refractivity contribution >= 4 is 5.97 Å². The lowest BCUT2D eigenvalue weighted by Gasteiger charge is -2.24. The second-order valence-corrected chi connectivity index (χ2v) is 6.43. The molecular weight excluding hydrogens is 260 g/mol. The van der Waals surface area contributed by atoms with E-state index in [1.165, 1.54) is 0 Å². The van der Waals surface area contributed by atoms with Crippen molar-refractivity contribution in [3.63, 3.8) is 0 Å². The van der Waals surface area contributed by atoms with Gasteiger partial charge >= 0.3 is 5.97 Å². The minimum atomic E-state index is -0.176. The first-order valence-corrected chi connectivity index (χ1v) is 7.93. The van der Waals surface area contributed by atoms with E-state index in [9.17, 15) is 4.79 Å². The number of fused-ring (bicyclic) bond motifs is 1. The van der Waals surface area contributed by atoms with E-state index in [4.69, 9.17) is 4.74 Å². The van der Waals surface area contributed by atoms with Gasteiger partial charge in [0.15, 0.2) is 0 Å². The molecule has 3 unspecified atom stereocenters. The van der Waals surface area contributed by atoms with Gasteiger partial charge in [0.25, 0.3) is 0 Å². The van der Waals surface area contributed by atoms with Crippen LogP contribution in [0.1, 0.15) is 55.1 Å². The van der Waals surface area contributed by atoms with Crippen LogP contribution in [0.4, 0.5) is 0 Å². The van der Waals surface area contributed by atoms with Crippen LogP contribution in [-0.4, -0.2) is 12.1 Å². The topological polar surface area (TPSA) is 26.3 Å². The molecule has 2 heteroatoms. The number of aryl methyl sites for hydroxylation is 1. The monoisotopic (exact) mass is 286 g/mol. The van der Waals surface area contributed by atoms with Crippen molar-refractivity contribution in [1.29, 1.82) is 0 Å². The Morgan fingerprint density at radius 2 is 1.86 bits per heavy atom. The molecule has 1 aliphatic rings. The second kappa shape index (κ2) is 6.93. The Balaban J connectivity index is 2.33. The fraction of sp³-hybridized carbons (Fsp3) is 0.526. The molecule has 0 saturated heterocycles. The summed E-state index contributed by atoms with van der Waals surface area (Å²) in [5.74, 6) is 0.983. The molecule has 3 atom stereocenters. The zero-order valence-corrected chi connectivity index (χ0v) is 13.6. The van der Waals surface area contributed by atoms with Crippen molar-refractivity contribution < 1.29 is 9.53 Å². The highest BCUT2D eigenvalue weighted by molar-refractivity contribution is 5.93. The molecule has 0 amide bonds. The summed E-state index contributed by atoms with van der Waals surface area (Å²) in [5.41, 5.74) is 2.80. The first-order chi connectivity index (χ1) is 9.99. The maximum atomic E-state index is 12.5. The summed E-state index contributed by atoms with van der Waals surface area (Å²) in [6.45, 7) is 8.49. The van der Waals surface area contributed by atoms with Gasteiger partial charge in [-0.1, -0.05) is 44.2 Å². The van der Waals surface area contributed by atoms with E-state index in [0.717, 1.165) is 36.0 Å². The summed E-state index contributed by atoms with van der Waals surface area (Å²) in [4.78, 5) is 12.5. The van der Waals surface area contributed by atoms with Crippen molar-refractivity contribution in [2.45, 2.75) is 53.1 Å². The number of ether oxygens (including phenoxy) is 1. The van der Waals surface area contributed by atoms with E-state index < -0.39 is 0 Å². The number of carbonyl (C=O) groups is 1. The zero-order chi connectivity index (χ0) is 15.4. The van der Waals surface area contributed by atoms with Crippen LogP contribution in [0.3, 0.4) is 0 Å². The molecule has 1 aromatic rings. The predicted octanol–water partition coefficient (Wildman–Crippen LogP) is 4.71. The average molecular weight is 286 g/mol. The van der Waals surface area contributed by atoms with E-state index in [1.807, 2.05) is 32.0 Å². The summed E-state index contributed by atoms with van der Waals surface area (Å²) in [5, 5.41) is 0. The molecule has 114 valence electrons. The average Bonchev–Trinajstić information content (AvgIpc) is 2.41. The molecule has 0 N–H and O–H groups in total. The molecule has 0 fully saturated rings. The van der Waals surface area contributed by atoms with Crippen LogP contribution in [-0.2, 0) is 11.2 Å². The Morgan fingerprint density at radius 3 is 2.62 bits per heavy atom. The van der Waals surface area contributed by atoms with E-state index in [0.29, 0.717) is 11.8 Å². The third kappa shape index (κ3) is 3.96. The Morgan fingerprint density at radius 1 is 1.10 bits per heavy atom. The summed E-state index contributed by atoms with van der Waals surface area (Å²) >= 11 is 0. The van der Waals surface area contributed by atoms with Gasteiger partial charge in [-0.3, -0.25) is 0 Å². The highest BCUT2D eigenvalue weighted by atomic mass is 16.5. The maximum Gasteiger partial charge on any atom is 0.338 e. The number of esters is 1. The molecule has 0 spiro atoms. The van der Waals surface area contributed by atoms with Crippen molar-refractivity contribution in [2.24, 2.45) is 11.8 Å². The van der Waals surface area contributed by atoms with Crippen LogP contribution in [0.15, 0.2) is 30.4 Å². The number of benzene rings is 1. The van der Waals surface area contributed by atoms with Crippen LogP contribution in [0.5, 0.6) is 0 Å². The Hall–Kier alpha value is -1.57. The zero-order valence-electron chi connectivity index (χ0n) is 13.6. The Labute approximate surface area is 128 Å². The van der Waals surface area contributed by atoms with Gasteiger partial charge in [-0.05, 0) is 56.1 Å². The quantitative estimate of drug-likeness (QED) is 0.510. The lowest BCUT2D eigenvalue weighted by molar-refractivity contribution is 0.0273. The fourth-order valence-corrected chi connectivity index (χ4v) is 2.99. The third-order valence-electron chi connectivity index (χ3n) is 4.56. The third-order valence-corrected chi connectivity index (χ3v) is 4.56. The lowest BCUT2D eigenvalue weighted by Crippen LogP contribution is -2.22. The van der Waals surface area contributed by atoms with Crippen LogP contribution in [0.25, 0.3) is 0 Å². The predicted molar refractivity (Wildman–Crippen MR) is 86.5 cm³/mol. The number of cyclic esters (lactones) is 1. The van der Waals surface area contributed by atoms with Gasteiger partial charge < -0.3 is 4.74 Å². The number of carbonyl (C=O) groups excluding carboxylic acids is 1. The molecule has 0 radical (unpaired) electrons. The first kappa shape index (κ1) is 15.8. The van der Waals surface area contributed by atoms with E-state index in [-0.39, 0.29) is 12.1 Å². The Bertz CT molecular complexity index is 530. The summed E-state index contributed by atoms with van der Waals surface area (Å²) < 4.78 is 5.69. The first-order valence-electron chi connectivity index (χ1n) is 7.93. The standard InChI is InChI=1S/C19H26O2/c1-13-8-5-6-10-17-11-7-9-14(2)18(17)19(20)21-16(4)12-15(13)3/h5-7,9,11,13,15-16H,8,10,12H2,1-4H3/b6-5-. The number of allylic oxidation sites excluding steroid dienone is 2. The second-order valence-electron chi connectivity index (χ2n) is 6.43. The summed E-state index contributed by atoms with van der Waals surface area (Å²) in [6, 6.07) is 6.01. The smallest absolute Gasteiger partial charge is 0.338 e. The summed E-state index contributed by atoms with van der Waals surface area (Å²) in [7, 11) is 0. The van der Waals surface area contributed by atoms with Crippen LogP contribution < -0.4 is 0 Å². The minimum Gasteiger partial charge on any atom is -0.459 e. The summed E-state index contributed by atoms with van der Waals surface area (Å²) in [6.07, 6.45) is 7.20. The van der Waals surface area contributed by atoms with Crippen molar-refractivity contribution in [3.05, 3.63) is 47.0 Å². The van der Waals surface area contributed by atoms with E-state index >= 15 is 0 Å². The maximum absolute atomic E-state index is 12.5. The van der Waals surface area contributed by atoms with Gasteiger partial charge in [-0.2, -0.15) is 0 Å². The number of hydrogen-bond donors (Lipinski definition) is 0. The van der Waals surface area contributed by atoms with E-state index in [1.54, 1.807) is 0 Å². The van der Waals surface area contributed by atoms with Crippen molar-refractivity contribution in [1.82, 2.24) is 0 Å². The Kier molecular flexibility index (Phi) is 5.22. The SMILES string of the molecule is Cc1cccc2c1C(=O)OC(C)CC(C)C(C)C/C=C\C2. The largest absolute Gasteiger partial charge is 0.459 e. The molecule has 1 aromatic carbocycles. The van der Waals surface area contributed by atoms with Crippen LogP contribution in [0.2, 0.25) is 0 Å². The molecule has 2 nitrogen and oxygen atoms in total. The molecule has 0 aliphatic carbocycles. The molecule has 2 rings (SSSR count). The minimum absolute atomic E-state index is 0.0363. The van der Waals surface area contributed by atoms with Gasteiger partial charge in [0.05, 0.1) is 11.7 Å². The molecule has 0 aromatic heterocycles. The van der Waals surface area contributed by atoms with Crippen molar-refractivity contribution in [2.75, 3.05) is 0 Å². The fourth-order valence-electron chi connectivity index (χ4n) is 2.99. The van der Waals surface area contributed by atoms with Gasteiger partial charge in [-0.15, -0.1) is 0 Å². The molecule has 0 saturated carbocycles. The number of rotatable bonds is 0. The molecule has 1 heterocycles. The van der Waals surface area contributed by atoms with Crippen molar-refractivity contribution in [3.8, 4) is 0 Å². The highest BCUT2D eigenvalue weighted by Crippen LogP contribution is 2.24. The van der Waals surface area contributed by atoms with Gasteiger partial charge in [0.1, 0.15) is 0 Å². The normalized spacial score (nSPS) is 28.8. The lowest BCUT2D eigenvalue weighted by atomic mass is 9.88. The van der Waals surface area contributed by atoms with Gasteiger partial charge in [-0.25, -0.2) is 4.79 Å². The van der Waals surface area contributed by atoms with Gasteiger partial charge in [0.2, 0.25) is 0 Å². The van der Waals surface area contributed by atoms with Crippen LogP contribution in [0, 0.1) is 18.8 Å². The molecule has 1 aliphatic heterocycles. The molecule has 0 bridgehead atoms. The van der Waals surface area contributed by atoms with Gasteiger partial charge in [0, 0.05) is 0 Å². The molecular formula is C19H26O2. The number of hydrogen-bond acceptors (Lipinski definition) is 2. The molecule has 21 heavy (non-hydrogen) atoms. The van der Waals surface area contributed by atoms with Crippen LogP contribution >= 0.6 is 0 Å². The van der Waals surface area contributed by atoms with E-state index in [2.05, 4.69) is 26.0 Å². The highest BCUT2D eigenvalue weighted by Gasteiger charge is 2.21.